The van der Waals surface area contributed by atoms with Crippen molar-refractivity contribution in [2.45, 2.75) is 25.5 Å². The number of imidazole rings is 1. The minimum atomic E-state index is -3.11. The number of rotatable bonds is 9. The normalized spacial score (nSPS) is 15.3. The van der Waals surface area contributed by atoms with Crippen molar-refractivity contribution in [3.63, 3.8) is 0 Å². The molecule has 208 valence electrons. The van der Waals surface area contributed by atoms with Crippen LogP contribution < -0.4 is 25.0 Å². The van der Waals surface area contributed by atoms with E-state index in [2.05, 4.69) is 32.7 Å². The minimum Gasteiger partial charge on any atom is -0.496 e. The van der Waals surface area contributed by atoms with Gasteiger partial charge < -0.3 is 29.7 Å². The van der Waals surface area contributed by atoms with E-state index in [4.69, 9.17) is 14.2 Å². The van der Waals surface area contributed by atoms with Gasteiger partial charge in [-0.2, -0.15) is 8.78 Å². The van der Waals surface area contributed by atoms with Crippen LogP contribution in [0.1, 0.15) is 23.2 Å². The van der Waals surface area contributed by atoms with Crippen LogP contribution in [0, 0.1) is 0 Å². The van der Waals surface area contributed by atoms with Gasteiger partial charge in [-0.3, -0.25) is 9.20 Å². The lowest BCUT2D eigenvalue weighted by atomic mass is 10.1. The number of nitrogens with one attached hydrogen (secondary N) is 2. The quantitative estimate of drug-likeness (QED) is 0.301. The number of hydrogen-bond acceptors (Lipinski definition) is 7. The van der Waals surface area contributed by atoms with Crippen LogP contribution in [0.2, 0.25) is 0 Å². The molecule has 2 aromatic carbocycles. The first-order valence-electron chi connectivity index (χ1n) is 13.1. The highest BCUT2D eigenvalue weighted by atomic mass is 19.3. The molecule has 2 aliphatic rings. The van der Waals surface area contributed by atoms with Gasteiger partial charge in [-0.1, -0.05) is 6.07 Å². The molecule has 1 saturated heterocycles. The Hall–Kier alpha value is -4.38. The number of nitrogens with zero attached hydrogens (tertiary/aromatic N) is 3. The molecule has 9 nitrogen and oxygen atoms in total. The Labute approximate surface area is 229 Å². The molecule has 0 bridgehead atoms. The van der Waals surface area contributed by atoms with E-state index in [1.54, 1.807) is 12.3 Å². The highest BCUT2D eigenvalue weighted by molar-refractivity contribution is 6.01. The van der Waals surface area contributed by atoms with Crippen LogP contribution in [-0.2, 0) is 4.74 Å². The van der Waals surface area contributed by atoms with Gasteiger partial charge in [0.15, 0.2) is 0 Å². The molecule has 0 spiro atoms. The monoisotopic (exact) mass is 549 g/mol. The molecular weight excluding hydrogens is 520 g/mol. The highest BCUT2D eigenvalue weighted by Gasteiger charge is 2.29. The van der Waals surface area contributed by atoms with Crippen LogP contribution >= 0.6 is 0 Å². The first-order valence-corrected chi connectivity index (χ1v) is 13.1. The Bertz CT molecular complexity index is 1530. The fraction of sp³-hybridized carbons (Fsp3) is 0.310. The Kier molecular flexibility index (Phi) is 7.12. The lowest BCUT2D eigenvalue weighted by Crippen LogP contribution is -2.36. The molecule has 1 saturated carbocycles. The summed E-state index contributed by atoms with van der Waals surface area (Å²) in [5, 5.41) is 6.25. The number of ether oxygens (including phenoxy) is 3. The summed E-state index contributed by atoms with van der Waals surface area (Å²) < 4.78 is 44.2. The molecule has 4 aromatic rings. The number of amides is 1. The SMILES string of the molecule is COc1cc(-c2cnc3cc(Nc4cccc(N5CCOCC5)c4)ccn23)cc(OC(F)F)c1C(=O)NC1CC1. The van der Waals surface area contributed by atoms with Crippen molar-refractivity contribution in [3.8, 4) is 22.8 Å². The number of halogens is 2. The second-order valence-electron chi connectivity index (χ2n) is 9.74. The molecule has 1 amide bonds. The smallest absolute Gasteiger partial charge is 0.387 e. The van der Waals surface area contributed by atoms with E-state index in [1.165, 1.54) is 13.2 Å². The average Bonchev–Trinajstić information content (AvgIpc) is 3.68. The molecule has 2 fully saturated rings. The Morgan fingerprint density at radius 2 is 1.85 bits per heavy atom. The molecule has 3 heterocycles. The molecule has 0 unspecified atom stereocenters. The van der Waals surface area contributed by atoms with Crippen molar-refractivity contribution < 1.29 is 27.8 Å². The maximum atomic E-state index is 13.3. The van der Waals surface area contributed by atoms with Gasteiger partial charge in [0.1, 0.15) is 22.7 Å². The zero-order valence-electron chi connectivity index (χ0n) is 21.9. The van der Waals surface area contributed by atoms with Crippen LogP contribution in [0.25, 0.3) is 16.9 Å². The van der Waals surface area contributed by atoms with E-state index in [0.717, 1.165) is 43.0 Å². The van der Waals surface area contributed by atoms with E-state index in [-0.39, 0.29) is 23.1 Å². The molecule has 0 radical (unpaired) electrons. The fourth-order valence-electron chi connectivity index (χ4n) is 4.84. The average molecular weight is 550 g/mol. The number of hydrogen-bond donors (Lipinski definition) is 2. The van der Waals surface area contributed by atoms with Gasteiger partial charge in [0.2, 0.25) is 0 Å². The summed E-state index contributed by atoms with van der Waals surface area (Å²) >= 11 is 0. The van der Waals surface area contributed by atoms with E-state index >= 15 is 0 Å². The molecule has 2 N–H and O–H groups in total. The lowest BCUT2D eigenvalue weighted by Gasteiger charge is -2.29. The van der Waals surface area contributed by atoms with Crippen molar-refractivity contribution in [1.82, 2.24) is 14.7 Å². The minimum absolute atomic E-state index is 0.0414. The van der Waals surface area contributed by atoms with Crippen LogP contribution in [-0.4, -0.2) is 61.4 Å². The van der Waals surface area contributed by atoms with E-state index in [9.17, 15) is 13.6 Å². The van der Waals surface area contributed by atoms with Crippen molar-refractivity contribution in [1.29, 1.82) is 0 Å². The number of carbonyl (C=O) groups excluding carboxylic acids is 1. The van der Waals surface area contributed by atoms with Gasteiger partial charge in [-0.15, -0.1) is 0 Å². The highest BCUT2D eigenvalue weighted by Crippen LogP contribution is 2.37. The van der Waals surface area contributed by atoms with Gasteiger partial charge >= 0.3 is 6.61 Å². The first-order chi connectivity index (χ1) is 19.5. The van der Waals surface area contributed by atoms with E-state index in [0.29, 0.717) is 30.1 Å². The number of morpholine rings is 1. The fourth-order valence-corrected chi connectivity index (χ4v) is 4.84. The molecule has 6 rings (SSSR count). The zero-order valence-corrected chi connectivity index (χ0v) is 21.9. The molecule has 1 aliphatic heterocycles. The summed E-state index contributed by atoms with van der Waals surface area (Å²) in [5.74, 6) is -0.622. The van der Waals surface area contributed by atoms with Crippen LogP contribution in [0.3, 0.4) is 0 Å². The largest absolute Gasteiger partial charge is 0.496 e. The third-order valence-corrected chi connectivity index (χ3v) is 6.96. The molecule has 1 aliphatic carbocycles. The zero-order chi connectivity index (χ0) is 27.6. The van der Waals surface area contributed by atoms with Crippen LogP contribution in [0.5, 0.6) is 11.5 Å². The predicted molar refractivity (Wildman–Crippen MR) is 147 cm³/mol. The van der Waals surface area contributed by atoms with Crippen molar-refractivity contribution in [3.05, 3.63) is 66.5 Å². The van der Waals surface area contributed by atoms with Crippen LogP contribution in [0.15, 0.2) is 60.9 Å². The first kappa shape index (κ1) is 25.9. The van der Waals surface area contributed by atoms with Gasteiger partial charge in [0, 0.05) is 54.0 Å². The van der Waals surface area contributed by atoms with Crippen LogP contribution in [0.4, 0.5) is 25.8 Å². The summed E-state index contributed by atoms with van der Waals surface area (Å²) in [4.78, 5) is 19.7. The van der Waals surface area contributed by atoms with Crippen molar-refractivity contribution >= 4 is 28.6 Å². The van der Waals surface area contributed by atoms with Crippen molar-refractivity contribution in [2.75, 3.05) is 43.6 Å². The number of pyridine rings is 1. The maximum Gasteiger partial charge on any atom is 0.387 e. The third kappa shape index (κ3) is 5.50. The number of fused-ring (bicyclic) bond motifs is 1. The number of aromatic nitrogens is 2. The molecule has 2 aromatic heterocycles. The van der Waals surface area contributed by atoms with E-state index < -0.39 is 12.5 Å². The molecule has 11 heteroatoms. The lowest BCUT2D eigenvalue weighted by molar-refractivity contribution is -0.0502. The Morgan fingerprint density at radius 3 is 2.60 bits per heavy atom. The second-order valence-corrected chi connectivity index (χ2v) is 9.74. The topological polar surface area (TPSA) is 89.4 Å². The summed E-state index contributed by atoms with van der Waals surface area (Å²) in [6.45, 7) is 0.0361. The van der Waals surface area contributed by atoms with Gasteiger partial charge in [-0.25, -0.2) is 4.98 Å². The summed E-state index contributed by atoms with van der Waals surface area (Å²) in [5.41, 5.74) is 4.65. The van der Waals surface area contributed by atoms with E-state index in [1.807, 2.05) is 34.9 Å². The third-order valence-electron chi connectivity index (χ3n) is 6.96. The molecule has 40 heavy (non-hydrogen) atoms. The number of methoxy groups -OCH3 is 1. The number of carbonyl (C=O) groups is 1. The van der Waals surface area contributed by atoms with Gasteiger partial charge in [0.25, 0.3) is 5.91 Å². The summed E-state index contributed by atoms with van der Waals surface area (Å²) in [7, 11) is 1.39. The molecule has 0 atom stereocenters. The standard InChI is InChI=1S/C29H29F2N5O4/c1-38-24-13-18(14-25(40-29(30)31)27(24)28(37)34-19-5-6-19)23-17-32-26-16-21(7-8-36(23)26)33-20-3-2-4-22(15-20)35-9-11-39-12-10-35/h2-4,7-8,13-17,19,29,33H,5-6,9-12H2,1H3,(H,34,37). The summed E-state index contributed by atoms with van der Waals surface area (Å²) in [6.07, 6.45) is 5.20. The maximum absolute atomic E-state index is 13.3. The number of alkyl halides is 2. The Morgan fingerprint density at radius 1 is 1.07 bits per heavy atom. The second kappa shape index (κ2) is 11.0. The van der Waals surface area contributed by atoms with Gasteiger partial charge in [0.05, 0.1) is 32.2 Å². The molecular formula is C29H29F2N5O4. The predicted octanol–water partition coefficient (Wildman–Crippen LogP) is 5.08. The van der Waals surface area contributed by atoms with Gasteiger partial charge in [-0.05, 0) is 49.2 Å². The summed E-state index contributed by atoms with van der Waals surface area (Å²) in [6, 6.07) is 15.1. The number of anilines is 3. The van der Waals surface area contributed by atoms with Crippen molar-refractivity contribution in [2.24, 2.45) is 0 Å². The number of benzene rings is 2. The Balaban J connectivity index is 1.29.